The summed E-state index contributed by atoms with van der Waals surface area (Å²) >= 11 is 6.34. The highest BCUT2D eigenvalue weighted by molar-refractivity contribution is 6.31. The summed E-state index contributed by atoms with van der Waals surface area (Å²) in [6.45, 7) is 4.96. The van der Waals surface area contributed by atoms with Crippen LogP contribution >= 0.6 is 11.6 Å². The minimum atomic E-state index is 0.334. The molecule has 2 atom stereocenters. The van der Waals surface area contributed by atoms with Gasteiger partial charge >= 0.3 is 0 Å². The summed E-state index contributed by atoms with van der Waals surface area (Å²) in [4.78, 5) is 0. The third kappa shape index (κ3) is 2.66. The third-order valence-electron chi connectivity index (χ3n) is 3.88. The summed E-state index contributed by atoms with van der Waals surface area (Å²) in [5, 5.41) is 5.30. The molecule has 2 unspecified atom stereocenters. The molecule has 0 spiro atoms. The number of rotatable bonds is 3. The van der Waals surface area contributed by atoms with Gasteiger partial charge in [-0.15, -0.1) is 0 Å². The van der Waals surface area contributed by atoms with Crippen LogP contribution in [-0.4, -0.2) is 15.8 Å². The molecule has 1 fully saturated rings. The van der Waals surface area contributed by atoms with Gasteiger partial charge in [0.25, 0.3) is 0 Å². The minimum absolute atomic E-state index is 0.334. The zero-order valence-corrected chi connectivity index (χ0v) is 11.5. The van der Waals surface area contributed by atoms with Gasteiger partial charge < -0.3 is 5.73 Å². The van der Waals surface area contributed by atoms with E-state index in [1.54, 1.807) is 0 Å². The normalized spacial score (nSPS) is 25.2. The van der Waals surface area contributed by atoms with E-state index in [2.05, 4.69) is 12.0 Å². The van der Waals surface area contributed by atoms with Crippen molar-refractivity contribution in [1.29, 1.82) is 0 Å². The van der Waals surface area contributed by atoms with Crippen molar-refractivity contribution in [1.82, 2.24) is 9.78 Å². The van der Waals surface area contributed by atoms with Gasteiger partial charge in [-0.1, -0.05) is 24.4 Å². The summed E-state index contributed by atoms with van der Waals surface area (Å²) in [6.07, 6.45) is 5.94. The molecule has 0 amide bonds. The van der Waals surface area contributed by atoms with Gasteiger partial charge in [0.1, 0.15) is 0 Å². The Morgan fingerprint density at radius 2 is 2.12 bits per heavy atom. The Labute approximate surface area is 108 Å². The molecular weight excluding hydrogens is 234 g/mol. The number of hydrogen-bond acceptors (Lipinski definition) is 2. The third-order valence-corrected chi connectivity index (χ3v) is 4.37. The lowest BCUT2D eigenvalue weighted by atomic mass is 9.82. The van der Waals surface area contributed by atoms with Crippen LogP contribution in [0.25, 0.3) is 0 Å². The molecule has 1 saturated carbocycles. The van der Waals surface area contributed by atoms with Crippen LogP contribution in [0, 0.1) is 12.8 Å². The number of halogens is 1. The molecule has 96 valence electrons. The second-order valence-corrected chi connectivity index (χ2v) is 5.45. The molecule has 0 aromatic carbocycles. The average Bonchev–Trinajstić information content (AvgIpc) is 2.59. The predicted octanol–water partition coefficient (Wildman–Crippen LogP) is 2.92. The lowest BCUT2D eigenvalue weighted by Crippen LogP contribution is -2.34. The van der Waals surface area contributed by atoms with E-state index >= 15 is 0 Å². The van der Waals surface area contributed by atoms with Gasteiger partial charge in [-0.3, -0.25) is 4.68 Å². The molecular formula is C13H22ClN3. The Kier molecular flexibility index (Phi) is 4.10. The van der Waals surface area contributed by atoms with Gasteiger partial charge in [-0.25, -0.2) is 0 Å². The molecule has 4 heteroatoms. The van der Waals surface area contributed by atoms with Gasteiger partial charge in [0.2, 0.25) is 0 Å². The maximum Gasteiger partial charge on any atom is 0.0847 e. The van der Waals surface area contributed by atoms with Crippen LogP contribution in [0.5, 0.6) is 0 Å². The van der Waals surface area contributed by atoms with E-state index < -0.39 is 0 Å². The van der Waals surface area contributed by atoms with Crippen molar-refractivity contribution in [2.75, 3.05) is 0 Å². The molecule has 0 aliphatic heterocycles. The van der Waals surface area contributed by atoms with E-state index in [0.29, 0.717) is 12.0 Å². The summed E-state index contributed by atoms with van der Waals surface area (Å²) < 4.78 is 2.03. The Morgan fingerprint density at radius 3 is 2.76 bits per heavy atom. The van der Waals surface area contributed by atoms with E-state index in [1.807, 2.05) is 11.6 Å². The van der Waals surface area contributed by atoms with Crippen molar-refractivity contribution in [2.45, 2.75) is 58.5 Å². The molecule has 3 nitrogen and oxygen atoms in total. The van der Waals surface area contributed by atoms with Crippen molar-refractivity contribution < 1.29 is 0 Å². The molecule has 0 radical (unpaired) electrons. The van der Waals surface area contributed by atoms with Gasteiger partial charge in [-0.05, 0) is 39.0 Å². The summed E-state index contributed by atoms with van der Waals surface area (Å²) in [5.74, 6) is 0.572. The van der Waals surface area contributed by atoms with Crippen LogP contribution in [0.1, 0.15) is 44.0 Å². The summed E-state index contributed by atoms with van der Waals surface area (Å²) in [5.41, 5.74) is 8.32. The number of nitrogens with two attached hydrogens (primary N) is 1. The van der Waals surface area contributed by atoms with Crippen molar-refractivity contribution in [3.05, 3.63) is 16.4 Å². The van der Waals surface area contributed by atoms with Crippen LogP contribution < -0.4 is 5.73 Å². The van der Waals surface area contributed by atoms with Crippen LogP contribution in [0.4, 0.5) is 0 Å². The Bertz CT molecular complexity index is 386. The molecule has 1 aromatic heterocycles. The molecule has 2 N–H and O–H groups in total. The number of aryl methyl sites for hydroxylation is 2. The first-order chi connectivity index (χ1) is 8.13. The highest BCUT2D eigenvalue weighted by atomic mass is 35.5. The van der Waals surface area contributed by atoms with Crippen molar-refractivity contribution in [3.63, 3.8) is 0 Å². The lowest BCUT2D eigenvalue weighted by molar-refractivity contribution is 0.301. The first-order valence-corrected chi connectivity index (χ1v) is 6.98. The van der Waals surface area contributed by atoms with E-state index in [0.717, 1.165) is 30.1 Å². The van der Waals surface area contributed by atoms with Gasteiger partial charge in [-0.2, -0.15) is 5.10 Å². The molecule has 0 bridgehead atoms. The molecule has 1 aliphatic rings. The van der Waals surface area contributed by atoms with Gasteiger partial charge in [0.05, 0.1) is 16.4 Å². The maximum atomic E-state index is 6.34. The van der Waals surface area contributed by atoms with Crippen LogP contribution in [0.3, 0.4) is 0 Å². The van der Waals surface area contributed by atoms with Gasteiger partial charge in [0.15, 0.2) is 0 Å². The molecule has 1 aliphatic carbocycles. The molecule has 0 saturated heterocycles. The van der Waals surface area contributed by atoms with E-state index in [-0.39, 0.29) is 0 Å². The van der Waals surface area contributed by atoms with E-state index in [9.17, 15) is 0 Å². The Balaban J connectivity index is 2.16. The zero-order valence-electron chi connectivity index (χ0n) is 10.7. The maximum absolute atomic E-state index is 6.34. The number of aromatic nitrogens is 2. The van der Waals surface area contributed by atoms with Crippen molar-refractivity contribution in [3.8, 4) is 0 Å². The standard InChI is InChI=1S/C13H22ClN3/c1-3-17-12(13(14)9(2)16-17)8-10-6-4-5-7-11(10)15/h10-11H,3-8,15H2,1-2H3. The quantitative estimate of drug-likeness (QED) is 0.903. The minimum Gasteiger partial charge on any atom is -0.327 e. The fraction of sp³-hybridized carbons (Fsp3) is 0.769. The summed E-state index contributed by atoms with van der Waals surface area (Å²) in [7, 11) is 0. The average molecular weight is 256 g/mol. The number of nitrogens with zero attached hydrogens (tertiary/aromatic N) is 2. The van der Waals surface area contributed by atoms with Crippen LogP contribution in [0.2, 0.25) is 5.02 Å². The zero-order chi connectivity index (χ0) is 12.4. The SMILES string of the molecule is CCn1nc(C)c(Cl)c1CC1CCCCC1N. The number of hydrogen-bond donors (Lipinski definition) is 1. The second kappa shape index (κ2) is 5.40. The van der Waals surface area contributed by atoms with Crippen molar-refractivity contribution >= 4 is 11.6 Å². The second-order valence-electron chi connectivity index (χ2n) is 5.07. The largest absolute Gasteiger partial charge is 0.327 e. The van der Waals surface area contributed by atoms with Crippen LogP contribution in [0.15, 0.2) is 0 Å². The fourth-order valence-electron chi connectivity index (χ4n) is 2.80. The van der Waals surface area contributed by atoms with Crippen molar-refractivity contribution in [2.24, 2.45) is 11.7 Å². The fourth-order valence-corrected chi connectivity index (χ4v) is 3.01. The lowest BCUT2D eigenvalue weighted by Gasteiger charge is -2.28. The first-order valence-electron chi connectivity index (χ1n) is 6.60. The topological polar surface area (TPSA) is 43.8 Å². The van der Waals surface area contributed by atoms with Crippen LogP contribution in [-0.2, 0) is 13.0 Å². The Morgan fingerprint density at radius 1 is 1.41 bits per heavy atom. The Hall–Kier alpha value is -0.540. The molecule has 2 rings (SSSR count). The molecule has 17 heavy (non-hydrogen) atoms. The highest BCUT2D eigenvalue weighted by Gasteiger charge is 2.25. The monoisotopic (exact) mass is 255 g/mol. The van der Waals surface area contributed by atoms with E-state index in [1.165, 1.54) is 25.0 Å². The highest BCUT2D eigenvalue weighted by Crippen LogP contribution is 2.30. The molecule has 1 aromatic rings. The smallest absolute Gasteiger partial charge is 0.0847 e. The van der Waals surface area contributed by atoms with E-state index in [4.69, 9.17) is 17.3 Å². The first kappa shape index (κ1) is 12.9. The predicted molar refractivity (Wildman–Crippen MR) is 71.3 cm³/mol. The summed E-state index contributed by atoms with van der Waals surface area (Å²) in [6, 6.07) is 0.334. The van der Waals surface area contributed by atoms with Gasteiger partial charge in [0, 0.05) is 12.6 Å². The molecule has 1 heterocycles.